The summed E-state index contributed by atoms with van der Waals surface area (Å²) in [4.78, 5) is 33.4. The first-order valence-corrected chi connectivity index (χ1v) is 15.3. The Balaban J connectivity index is 1.02. The number of imidazole rings is 1. The van der Waals surface area contributed by atoms with Gasteiger partial charge in [-0.3, -0.25) is 9.59 Å². The number of aromatic nitrogens is 2. The van der Waals surface area contributed by atoms with E-state index in [-0.39, 0.29) is 17.6 Å². The number of rotatable bonds is 9. The van der Waals surface area contributed by atoms with Crippen molar-refractivity contribution in [2.24, 2.45) is 0 Å². The maximum atomic E-state index is 12.9. The molecule has 1 fully saturated rings. The number of piperazine rings is 1. The molecule has 2 N–H and O–H groups in total. The SMILES string of the molecule is COc1ccc(C(=O)N2CCN(c3ccc(NC(=O)CSc4[nH]c5ccccc5[n+]4Cc4ccccc4)cc3)CC2)cc1. The van der Waals surface area contributed by atoms with Crippen LogP contribution in [0.4, 0.5) is 11.4 Å². The molecule has 0 atom stereocenters. The molecule has 1 saturated heterocycles. The highest BCUT2D eigenvalue weighted by molar-refractivity contribution is 7.99. The minimum Gasteiger partial charge on any atom is -0.497 e. The molecule has 6 rings (SSSR count). The highest BCUT2D eigenvalue weighted by Crippen LogP contribution is 2.22. The number of fused-ring (bicyclic) bond motifs is 1. The van der Waals surface area contributed by atoms with E-state index in [1.165, 1.54) is 17.3 Å². The Labute approximate surface area is 255 Å². The number of hydrogen-bond acceptors (Lipinski definition) is 5. The van der Waals surface area contributed by atoms with Crippen LogP contribution in [0.2, 0.25) is 0 Å². The summed E-state index contributed by atoms with van der Waals surface area (Å²) in [6.07, 6.45) is 0. The molecule has 1 aromatic heterocycles. The topological polar surface area (TPSA) is 81.5 Å². The summed E-state index contributed by atoms with van der Waals surface area (Å²) in [5, 5.41) is 3.97. The normalized spacial score (nSPS) is 13.2. The number of carbonyl (C=O) groups is 2. The van der Waals surface area contributed by atoms with Gasteiger partial charge in [0.25, 0.3) is 5.91 Å². The average Bonchev–Trinajstić information content (AvgIpc) is 3.41. The number of carbonyl (C=O) groups excluding carboxylic acids is 2. The number of H-pyrrole nitrogens is 1. The van der Waals surface area contributed by atoms with Crippen LogP contribution < -0.4 is 19.5 Å². The lowest BCUT2D eigenvalue weighted by Gasteiger charge is -2.36. The van der Waals surface area contributed by atoms with Gasteiger partial charge in [0, 0.05) is 43.1 Å². The lowest BCUT2D eigenvalue weighted by atomic mass is 10.1. The number of para-hydroxylation sites is 2. The Morgan fingerprint density at radius 2 is 1.56 bits per heavy atom. The van der Waals surface area contributed by atoms with E-state index in [1.54, 1.807) is 7.11 Å². The predicted octanol–water partition coefficient (Wildman–Crippen LogP) is 5.21. The fourth-order valence-electron chi connectivity index (χ4n) is 5.31. The minimum atomic E-state index is -0.0617. The molecule has 0 bridgehead atoms. The third kappa shape index (κ3) is 6.67. The molecule has 2 amide bonds. The first-order chi connectivity index (χ1) is 21.1. The Hall–Kier alpha value is -4.76. The van der Waals surface area contributed by atoms with Crippen LogP contribution in [0.5, 0.6) is 5.75 Å². The highest BCUT2D eigenvalue weighted by atomic mass is 32.2. The Morgan fingerprint density at radius 3 is 2.28 bits per heavy atom. The van der Waals surface area contributed by atoms with Crippen molar-refractivity contribution in [2.45, 2.75) is 11.7 Å². The van der Waals surface area contributed by atoms with Crippen molar-refractivity contribution in [3.8, 4) is 5.75 Å². The average molecular weight is 593 g/mol. The molecule has 0 saturated carbocycles. The molecule has 8 nitrogen and oxygen atoms in total. The fourth-order valence-corrected chi connectivity index (χ4v) is 6.16. The van der Waals surface area contributed by atoms with E-state index < -0.39 is 0 Å². The highest BCUT2D eigenvalue weighted by Gasteiger charge is 2.23. The fraction of sp³-hybridized carbons (Fsp3) is 0.206. The van der Waals surface area contributed by atoms with Gasteiger partial charge in [0.2, 0.25) is 5.91 Å². The van der Waals surface area contributed by atoms with Gasteiger partial charge in [-0.1, -0.05) is 42.5 Å². The summed E-state index contributed by atoms with van der Waals surface area (Å²) in [7, 11) is 1.61. The zero-order valence-corrected chi connectivity index (χ0v) is 24.8. The largest absolute Gasteiger partial charge is 0.497 e. The quantitative estimate of drug-likeness (QED) is 0.182. The van der Waals surface area contributed by atoms with E-state index in [2.05, 4.69) is 44.0 Å². The van der Waals surface area contributed by atoms with Crippen molar-refractivity contribution in [1.82, 2.24) is 9.88 Å². The van der Waals surface area contributed by atoms with Crippen LogP contribution in [0.1, 0.15) is 15.9 Å². The molecule has 0 radical (unpaired) electrons. The smallest absolute Gasteiger partial charge is 0.317 e. The van der Waals surface area contributed by atoms with Crippen molar-refractivity contribution < 1.29 is 18.9 Å². The molecule has 2 heterocycles. The molecule has 43 heavy (non-hydrogen) atoms. The second-order valence-electron chi connectivity index (χ2n) is 10.4. The molecule has 1 aliphatic heterocycles. The van der Waals surface area contributed by atoms with Crippen molar-refractivity contribution in [3.63, 3.8) is 0 Å². The monoisotopic (exact) mass is 592 g/mol. The molecule has 0 unspecified atom stereocenters. The summed E-state index contributed by atoms with van der Waals surface area (Å²) in [5.41, 5.74) is 5.86. The summed E-state index contributed by atoms with van der Waals surface area (Å²) in [5.74, 6) is 0.999. The molecule has 0 spiro atoms. The van der Waals surface area contributed by atoms with Gasteiger partial charge in [-0.05, 0) is 78.0 Å². The number of nitrogens with one attached hydrogen (secondary N) is 2. The molecule has 1 aliphatic rings. The van der Waals surface area contributed by atoms with Crippen LogP contribution in [0, 0.1) is 0 Å². The summed E-state index contributed by atoms with van der Waals surface area (Å²) < 4.78 is 7.42. The van der Waals surface area contributed by atoms with Crippen LogP contribution in [-0.4, -0.2) is 60.7 Å². The van der Waals surface area contributed by atoms with Gasteiger partial charge < -0.3 is 19.9 Å². The molecular weight excluding hydrogens is 558 g/mol. The van der Waals surface area contributed by atoms with Crippen molar-refractivity contribution in [3.05, 3.63) is 114 Å². The second-order valence-corrected chi connectivity index (χ2v) is 11.4. The summed E-state index contributed by atoms with van der Waals surface area (Å²) in [6.45, 7) is 3.52. The van der Waals surface area contributed by atoms with E-state index in [0.717, 1.165) is 52.9 Å². The number of amides is 2. The van der Waals surface area contributed by atoms with Crippen molar-refractivity contribution in [1.29, 1.82) is 0 Å². The summed E-state index contributed by atoms with van der Waals surface area (Å²) in [6, 6.07) is 33.7. The lowest BCUT2D eigenvalue weighted by molar-refractivity contribution is -0.700. The summed E-state index contributed by atoms with van der Waals surface area (Å²) >= 11 is 1.50. The molecule has 9 heteroatoms. The van der Waals surface area contributed by atoms with Crippen LogP contribution >= 0.6 is 11.8 Å². The Morgan fingerprint density at radius 1 is 0.860 bits per heavy atom. The maximum absolute atomic E-state index is 12.9. The minimum absolute atomic E-state index is 0.0382. The van der Waals surface area contributed by atoms with E-state index in [1.807, 2.05) is 83.8 Å². The number of aromatic amines is 1. The van der Waals surface area contributed by atoms with Gasteiger partial charge in [-0.15, -0.1) is 0 Å². The third-order valence-corrected chi connectivity index (χ3v) is 8.63. The van der Waals surface area contributed by atoms with E-state index >= 15 is 0 Å². The number of thioether (sulfide) groups is 1. The maximum Gasteiger partial charge on any atom is 0.317 e. The molecule has 5 aromatic rings. The molecule has 0 aliphatic carbocycles. The number of benzene rings is 4. The first kappa shape index (κ1) is 28.4. The molecular formula is C34H34N5O3S+. The van der Waals surface area contributed by atoms with Gasteiger partial charge >= 0.3 is 5.16 Å². The van der Waals surface area contributed by atoms with Crippen molar-refractivity contribution in [2.75, 3.05) is 49.3 Å². The van der Waals surface area contributed by atoms with Crippen molar-refractivity contribution >= 4 is 46.0 Å². The van der Waals surface area contributed by atoms with E-state index in [0.29, 0.717) is 18.7 Å². The second kappa shape index (κ2) is 13.0. The Kier molecular flexibility index (Phi) is 8.60. The zero-order valence-electron chi connectivity index (χ0n) is 24.0. The van der Waals surface area contributed by atoms with Crippen LogP contribution in [-0.2, 0) is 11.3 Å². The predicted molar refractivity (Wildman–Crippen MR) is 171 cm³/mol. The van der Waals surface area contributed by atoms with Crippen LogP contribution in [0.25, 0.3) is 11.0 Å². The molecule has 4 aromatic carbocycles. The zero-order chi connectivity index (χ0) is 29.6. The number of hydrogen-bond donors (Lipinski definition) is 2. The Bertz CT molecular complexity index is 1700. The number of methoxy groups -OCH3 is 1. The van der Waals surface area contributed by atoms with Gasteiger partial charge in [0.1, 0.15) is 12.3 Å². The molecule has 218 valence electrons. The number of nitrogens with zero attached hydrogens (tertiary/aromatic N) is 3. The van der Waals surface area contributed by atoms with Gasteiger partial charge in [0.05, 0.1) is 12.9 Å². The lowest BCUT2D eigenvalue weighted by Crippen LogP contribution is -2.48. The third-order valence-electron chi connectivity index (χ3n) is 7.63. The van der Waals surface area contributed by atoms with E-state index in [9.17, 15) is 9.59 Å². The van der Waals surface area contributed by atoms with Gasteiger partial charge in [-0.2, -0.15) is 0 Å². The number of ether oxygens (including phenoxy) is 1. The first-order valence-electron chi connectivity index (χ1n) is 14.3. The standard InChI is InChI=1S/C34H33N5O3S/c1-42-29-17-11-26(12-18-29)33(41)38-21-19-37(20-22-38)28-15-13-27(14-16-28)35-32(40)24-43-34-36-30-9-5-6-10-31(30)39(34)23-25-7-3-2-4-8-25/h2-18H,19-24H2,1H3,(H,35,40)/p+1. The number of anilines is 2. The van der Waals surface area contributed by atoms with Gasteiger partial charge in [0.15, 0.2) is 11.0 Å². The van der Waals surface area contributed by atoms with Gasteiger partial charge in [-0.25, -0.2) is 9.55 Å². The van der Waals surface area contributed by atoms with Crippen LogP contribution in [0.15, 0.2) is 108 Å². The van der Waals surface area contributed by atoms with Crippen LogP contribution in [0.3, 0.4) is 0 Å². The van der Waals surface area contributed by atoms with E-state index in [4.69, 9.17) is 4.74 Å².